The van der Waals surface area contributed by atoms with Gasteiger partial charge in [0.05, 0.1) is 13.7 Å². The Hall–Kier alpha value is -1.51. The smallest absolute Gasteiger partial charge is 0.225 e. The first-order chi connectivity index (χ1) is 13.3. The van der Waals surface area contributed by atoms with Gasteiger partial charge >= 0.3 is 0 Å². The van der Waals surface area contributed by atoms with E-state index in [2.05, 4.69) is 43.5 Å². The number of carbonyl (C=O) groups excluding carboxylic acids is 1. The zero-order chi connectivity index (χ0) is 20.7. The highest BCUT2D eigenvalue weighted by molar-refractivity contribution is 14.0. The number of hydrogen-bond donors (Lipinski definition) is 2. The Morgan fingerprint density at radius 1 is 1.31 bits per heavy atom. The molecule has 1 amide bonds. The summed E-state index contributed by atoms with van der Waals surface area (Å²) in [6.07, 6.45) is 0.949. The normalized spacial score (nSPS) is 17.1. The van der Waals surface area contributed by atoms with Gasteiger partial charge in [-0.2, -0.15) is 0 Å². The second-order valence-corrected chi connectivity index (χ2v) is 8.38. The second kappa shape index (κ2) is 11.6. The van der Waals surface area contributed by atoms with Crippen LogP contribution >= 0.6 is 24.0 Å². The number of carbonyl (C=O) groups is 1. The van der Waals surface area contributed by atoms with Gasteiger partial charge in [0.1, 0.15) is 5.75 Å². The molecule has 0 bridgehead atoms. The molecule has 2 N–H and O–H groups in total. The van der Waals surface area contributed by atoms with E-state index in [1.54, 1.807) is 7.11 Å². The Kier molecular flexibility index (Phi) is 10.2. The van der Waals surface area contributed by atoms with E-state index >= 15 is 0 Å². The summed E-state index contributed by atoms with van der Waals surface area (Å²) < 4.78 is 5.25. The molecule has 1 aromatic carbocycles. The molecule has 1 unspecified atom stereocenters. The van der Waals surface area contributed by atoms with Crippen molar-refractivity contribution in [2.24, 2.45) is 10.9 Å². The lowest BCUT2D eigenvalue weighted by molar-refractivity contribution is -0.133. The summed E-state index contributed by atoms with van der Waals surface area (Å²) in [7, 11) is 1.68. The van der Waals surface area contributed by atoms with Crippen molar-refractivity contribution in [3.05, 3.63) is 29.8 Å². The number of benzene rings is 1. The number of aliphatic imine (C=N–C) groups is 1. The number of nitrogens with one attached hydrogen (secondary N) is 2. The molecule has 1 atom stereocenters. The third-order valence-electron chi connectivity index (χ3n) is 5.18. The second-order valence-electron chi connectivity index (χ2n) is 8.38. The molecule has 1 heterocycles. The number of nitrogens with zero attached hydrogens (tertiary/aromatic N) is 2. The van der Waals surface area contributed by atoms with Gasteiger partial charge in [-0.15, -0.1) is 24.0 Å². The molecule has 2 rings (SSSR count). The number of likely N-dealkylation sites (tertiary alicyclic amines) is 1. The topological polar surface area (TPSA) is 66.0 Å². The highest BCUT2D eigenvalue weighted by Crippen LogP contribution is 2.25. The number of rotatable bonds is 7. The maximum absolute atomic E-state index is 12.2. The van der Waals surface area contributed by atoms with Gasteiger partial charge < -0.3 is 20.3 Å². The third-order valence-corrected chi connectivity index (χ3v) is 5.18. The van der Waals surface area contributed by atoms with E-state index in [9.17, 15) is 4.79 Å². The Balaban J connectivity index is 0.00000420. The van der Waals surface area contributed by atoms with Gasteiger partial charge in [0.25, 0.3) is 0 Å². The molecule has 0 aliphatic carbocycles. The van der Waals surface area contributed by atoms with Crippen molar-refractivity contribution < 1.29 is 9.53 Å². The van der Waals surface area contributed by atoms with Crippen molar-refractivity contribution in [1.82, 2.24) is 15.5 Å². The van der Waals surface area contributed by atoms with E-state index in [0.29, 0.717) is 6.54 Å². The van der Waals surface area contributed by atoms with Gasteiger partial charge in [0.15, 0.2) is 5.96 Å². The molecule has 164 valence electrons. The number of halogens is 1. The maximum atomic E-state index is 12.2. The lowest BCUT2D eigenvalue weighted by atomic mass is 9.85. The van der Waals surface area contributed by atoms with Gasteiger partial charge in [-0.3, -0.25) is 9.79 Å². The van der Waals surface area contributed by atoms with Crippen LogP contribution in [0.25, 0.3) is 0 Å². The molecule has 1 aliphatic rings. The first-order valence-electron chi connectivity index (χ1n) is 10.2. The maximum Gasteiger partial charge on any atom is 0.225 e. The minimum atomic E-state index is -0.0933. The molecule has 0 radical (unpaired) electrons. The Bertz CT molecular complexity index is 674. The molecule has 29 heavy (non-hydrogen) atoms. The Labute approximate surface area is 192 Å². The molecule has 0 saturated carbocycles. The van der Waals surface area contributed by atoms with Crippen LogP contribution in [-0.2, 0) is 10.2 Å². The van der Waals surface area contributed by atoms with Crippen molar-refractivity contribution in [2.45, 2.75) is 52.5 Å². The van der Waals surface area contributed by atoms with Crippen molar-refractivity contribution in [3.8, 4) is 5.75 Å². The molecular weight excluding hydrogens is 479 g/mol. The lowest BCUT2D eigenvalue weighted by Gasteiger charge is -2.25. The summed E-state index contributed by atoms with van der Waals surface area (Å²) in [5.74, 6) is 1.95. The minimum Gasteiger partial charge on any atom is -0.497 e. The van der Waals surface area contributed by atoms with E-state index in [-0.39, 0.29) is 47.3 Å². The van der Waals surface area contributed by atoms with Crippen LogP contribution in [0.2, 0.25) is 0 Å². The van der Waals surface area contributed by atoms with Crippen molar-refractivity contribution >= 4 is 35.8 Å². The van der Waals surface area contributed by atoms with Crippen LogP contribution in [0.1, 0.15) is 46.6 Å². The van der Waals surface area contributed by atoms with E-state index < -0.39 is 0 Å². The van der Waals surface area contributed by atoms with E-state index in [1.165, 1.54) is 5.56 Å². The average Bonchev–Trinajstić information content (AvgIpc) is 3.14. The molecule has 1 fully saturated rings. The molecular formula is C22H37IN4O2. The SMILES string of the molecule is CCNC(=NCC(C)(C)c1ccc(OC)cc1)NC1CCN(C(=O)C(C)C)C1.I. The molecule has 6 nitrogen and oxygen atoms in total. The third kappa shape index (κ3) is 7.35. The quantitative estimate of drug-likeness (QED) is 0.331. The number of amides is 1. The predicted molar refractivity (Wildman–Crippen MR) is 130 cm³/mol. The van der Waals surface area contributed by atoms with Crippen LogP contribution < -0.4 is 15.4 Å². The van der Waals surface area contributed by atoms with Gasteiger partial charge in [0, 0.05) is 37.0 Å². The molecule has 0 aromatic heterocycles. The lowest BCUT2D eigenvalue weighted by Crippen LogP contribution is -2.45. The largest absolute Gasteiger partial charge is 0.497 e. The summed E-state index contributed by atoms with van der Waals surface area (Å²) in [5, 5.41) is 6.84. The van der Waals surface area contributed by atoms with Crippen molar-refractivity contribution in [3.63, 3.8) is 0 Å². The minimum absolute atomic E-state index is 0. The monoisotopic (exact) mass is 516 g/mol. The fraction of sp³-hybridized carbons (Fsp3) is 0.636. The first kappa shape index (κ1) is 25.5. The fourth-order valence-corrected chi connectivity index (χ4v) is 3.37. The number of methoxy groups -OCH3 is 1. The molecule has 1 saturated heterocycles. The first-order valence-corrected chi connectivity index (χ1v) is 10.2. The summed E-state index contributed by atoms with van der Waals surface area (Å²) in [4.78, 5) is 19.0. The van der Waals surface area contributed by atoms with E-state index in [1.807, 2.05) is 30.9 Å². The van der Waals surface area contributed by atoms with E-state index in [4.69, 9.17) is 9.73 Å². The molecule has 1 aromatic rings. The van der Waals surface area contributed by atoms with Gasteiger partial charge in [-0.25, -0.2) is 0 Å². The number of ether oxygens (including phenoxy) is 1. The van der Waals surface area contributed by atoms with Crippen molar-refractivity contribution in [1.29, 1.82) is 0 Å². The average molecular weight is 516 g/mol. The summed E-state index contributed by atoms with van der Waals surface area (Å²) in [5.41, 5.74) is 1.13. The van der Waals surface area contributed by atoms with Crippen LogP contribution in [0.15, 0.2) is 29.3 Å². The van der Waals surface area contributed by atoms with Crippen LogP contribution in [0.4, 0.5) is 0 Å². The highest BCUT2D eigenvalue weighted by Gasteiger charge is 2.28. The zero-order valence-electron chi connectivity index (χ0n) is 18.6. The fourth-order valence-electron chi connectivity index (χ4n) is 3.37. The summed E-state index contributed by atoms with van der Waals surface area (Å²) >= 11 is 0. The summed E-state index contributed by atoms with van der Waals surface area (Å²) in [6.45, 7) is 13.4. The molecule has 0 spiro atoms. The number of guanidine groups is 1. The standard InChI is InChI=1S/C22H36N4O2.HI/c1-7-23-21(25-18-12-13-26(14-18)20(27)16(2)3)24-15-22(4,5)17-8-10-19(28-6)11-9-17;/h8-11,16,18H,7,12-15H2,1-6H3,(H2,23,24,25);1H. The van der Waals surface area contributed by atoms with Gasteiger partial charge in [0.2, 0.25) is 5.91 Å². The van der Waals surface area contributed by atoms with Crippen LogP contribution in [0.5, 0.6) is 5.75 Å². The zero-order valence-corrected chi connectivity index (χ0v) is 20.9. The predicted octanol–water partition coefficient (Wildman–Crippen LogP) is 3.40. The van der Waals surface area contributed by atoms with Gasteiger partial charge in [-0.1, -0.05) is 39.8 Å². The van der Waals surface area contributed by atoms with Crippen LogP contribution in [-0.4, -0.2) is 56.1 Å². The van der Waals surface area contributed by atoms with Crippen molar-refractivity contribution in [2.75, 3.05) is 33.3 Å². The highest BCUT2D eigenvalue weighted by atomic mass is 127. The Morgan fingerprint density at radius 3 is 2.52 bits per heavy atom. The van der Waals surface area contributed by atoms with Crippen LogP contribution in [0.3, 0.4) is 0 Å². The molecule has 7 heteroatoms. The molecule has 1 aliphatic heterocycles. The number of hydrogen-bond acceptors (Lipinski definition) is 3. The Morgan fingerprint density at radius 2 is 1.97 bits per heavy atom. The summed E-state index contributed by atoms with van der Waals surface area (Å²) in [6, 6.07) is 8.42. The van der Waals surface area contributed by atoms with Crippen LogP contribution in [0, 0.1) is 5.92 Å². The van der Waals surface area contributed by atoms with E-state index in [0.717, 1.165) is 37.8 Å². The van der Waals surface area contributed by atoms with Gasteiger partial charge in [-0.05, 0) is 31.0 Å².